The highest BCUT2D eigenvalue weighted by Gasteiger charge is 2.33. The lowest BCUT2D eigenvalue weighted by Gasteiger charge is -2.30. The Hall–Kier alpha value is -2.22. The summed E-state index contributed by atoms with van der Waals surface area (Å²) in [6.45, 7) is 0.428. The number of anilines is 1. The Bertz CT molecular complexity index is 858. The van der Waals surface area contributed by atoms with Gasteiger partial charge in [0.15, 0.2) is 0 Å². The molecular weight excluding hydrogens is 427 g/mol. The van der Waals surface area contributed by atoms with Crippen molar-refractivity contribution in [3.05, 3.63) is 51.5 Å². The second-order valence-corrected chi connectivity index (χ2v) is 6.89. The van der Waals surface area contributed by atoms with Crippen LogP contribution in [0.1, 0.15) is 27.9 Å². The van der Waals surface area contributed by atoms with Crippen molar-refractivity contribution in [3.63, 3.8) is 0 Å². The zero-order valence-electron chi connectivity index (χ0n) is 14.7. The smallest absolute Gasteiger partial charge is 0.416 e. The van der Waals surface area contributed by atoms with Crippen LogP contribution in [0.4, 0.5) is 18.9 Å². The number of amides is 1. The highest BCUT2D eigenvalue weighted by molar-refractivity contribution is 9.10. The average Bonchev–Trinajstić information content (AvgIpc) is 2.66. The minimum absolute atomic E-state index is 0.320. The molecule has 2 aromatic rings. The first-order valence-electron chi connectivity index (χ1n) is 8.19. The van der Waals surface area contributed by atoms with Crippen molar-refractivity contribution in [2.75, 3.05) is 25.7 Å². The molecule has 8 heteroatoms. The molecule has 0 spiro atoms. The molecule has 0 atom stereocenters. The van der Waals surface area contributed by atoms with E-state index in [0.717, 1.165) is 12.1 Å². The van der Waals surface area contributed by atoms with Gasteiger partial charge in [0.2, 0.25) is 0 Å². The Kier molecular flexibility index (Phi) is 5.37. The zero-order chi connectivity index (χ0) is 19.8. The number of hydrogen-bond acceptors (Lipinski definition) is 3. The van der Waals surface area contributed by atoms with E-state index in [1.165, 1.54) is 25.2 Å². The molecule has 0 radical (unpaired) electrons. The molecule has 27 heavy (non-hydrogen) atoms. The molecule has 1 heterocycles. The number of alkyl halides is 3. The number of carbonyl (C=O) groups is 1. The number of benzene rings is 2. The topological polar surface area (TPSA) is 38.8 Å². The lowest BCUT2D eigenvalue weighted by molar-refractivity contribution is -0.137. The van der Waals surface area contributed by atoms with Crippen LogP contribution in [0.5, 0.6) is 11.5 Å². The van der Waals surface area contributed by atoms with Gasteiger partial charge in [-0.25, -0.2) is 0 Å². The fourth-order valence-electron chi connectivity index (χ4n) is 3.13. The minimum atomic E-state index is -4.41. The number of halogens is 4. The molecule has 0 bridgehead atoms. The standard InChI is InChI=1S/C19H17BrF3NO3/c1-26-15-9-12(10-16(27-2)17(15)20)18(25)24-7-3-4-11-8-13(19(21,22)23)5-6-14(11)24/h5-6,8-10H,3-4,7H2,1-2H3. The molecular formula is C19H17BrF3NO3. The summed E-state index contributed by atoms with van der Waals surface area (Å²) >= 11 is 3.35. The predicted octanol–water partition coefficient (Wildman–Crippen LogP) is 5.08. The molecule has 144 valence electrons. The van der Waals surface area contributed by atoms with E-state index in [1.807, 2.05) is 0 Å². The third-order valence-corrected chi connectivity index (χ3v) is 5.24. The summed E-state index contributed by atoms with van der Waals surface area (Å²) in [6, 6.07) is 6.65. The fourth-order valence-corrected chi connectivity index (χ4v) is 3.69. The predicted molar refractivity (Wildman–Crippen MR) is 98.7 cm³/mol. The van der Waals surface area contributed by atoms with Crippen molar-refractivity contribution in [2.45, 2.75) is 19.0 Å². The molecule has 0 saturated carbocycles. The van der Waals surface area contributed by atoms with Crippen molar-refractivity contribution in [2.24, 2.45) is 0 Å². The number of methoxy groups -OCH3 is 2. The van der Waals surface area contributed by atoms with Crippen molar-refractivity contribution in [3.8, 4) is 11.5 Å². The van der Waals surface area contributed by atoms with Crippen LogP contribution in [0.25, 0.3) is 0 Å². The third-order valence-electron chi connectivity index (χ3n) is 4.46. The summed E-state index contributed by atoms with van der Waals surface area (Å²) in [7, 11) is 2.95. The van der Waals surface area contributed by atoms with Gasteiger partial charge in [0.05, 0.1) is 19.8 Å². The largest absolute Gasteiger partial charge is 0.495 e. The second kappa shape index (κ2) is 7.42. The minimum Gasteiger partial charge on any atom is -0.495 e. The van der Waals surface area contributed by atoms with E-state index < -0.39 is 11.7 Å². The fraction of sp³-hybridized carbons (Fsp3) is 0.316. The Labute approximate surface area is 163 Å². The number of ether oxygens (including phenoxy) is 2. The number of rotatable bonds is 3. The maximum atomic E-state index is 13.1. The zero-order valence-corrected chi connectivity index (χ0v) is 16.3. The van der Waals surface area contributed by atoms with Gasteiger partial charge in [0.1, 0.15) is 16.0 Å². The van der Waals surface area contributed by atoms with Gasteiger partial charge in [0.25, 0.3) is 5.91 Å². The molecule has 1 amide bonds. The van der Waals surface area contributed by atoms with Crippen molar-refractivity contribution >= 4 is 27.5 Å². The van der Waals surface area contributed by atoms with E-state index >= 15 is 0 Å². The van der Waals surface area contributed by atoms with Gasteiger partial charge < -0.3 is 14.4 Å². The summed E-state index contributed by atoms with van der Waals surface area (Å²) < 4.78 is 50.0. The Morgan fingerprint density at radius 1 is 1.11 bits per heavy atom. The van der Waals surface area contributed by atoms with Crippen LogP contribution in [-0.2, 0) is 12.6 Å². The summed E-state index contributed by atoms with van der Waals surface area (Å²) in [6.07, 6.45) is -3.32. The van der Waals surface area contributed by atoms with E-state index in [-0.39, 0.29) is 5.91 Å². The molecule has 0 unspecified atom stereocenters. The second-order valence-electron chi connectivity index (χ2n) is 6.10. The molecule has 0 fully saturated rings. The van der Waals surface area contributed by atoms with E-state index in [4.69, 9.17) is 9.47 Å². The number of hydrogen-bond donors (Lipinski definition) is 0. The summed E-state index contributed by atoms with van der Waals surface area (Å²) in [5.41, 5.74) is 0.641. The summed E-state index contributed by atoms with van der Waals surface area (Å²) in [5.74, 6) is 0.546. The summed E-state index contributed by atoms with van der Waals surface area (Å²) in [5, 5.41) is 0. The Balaban J connectivity index is 2.01. The lowest BCUT2D eigenvalue weighted by atomic mass is 9.98. The van der Waals surface area contributed by atoms with Gasteiger partial charge in [-0.2, -0.15) is 13.2 Å². The highest BCUT2D eigenvalue weighted by Crippen LogP contribution is 2.38. The number of aryl methyl sites for hydroxylation is 1. The van der Waals surface area contributed by atoms with E-state index in [1.54, 1.807) is 12.1 Å². The lowest BCUT2D eigenvalue weighted by Crippen LogP contribution is -2.35. The van der Waals surface area contributed by atoms with Crippen molar-refractivity contribution < 1.29 is 27.4 Å². The summed E-state index contributed by atoms with van der Waals surface area (Å²) in [4.78, 5) is 14.6. The van der Waals surface area contributed by atoms with E-state index in [9.17, 15) is 18.0 Å². The normalized spacial score (nSPS) is 13.9. The SMILES string of the molecule is COc1cc(C(=O)N2CCCc3cc(C(F)(F)F)ccc32)cc(OC)c1Br. The number of nitrogens with zero attached hydrogens (tertiary/aromatic N) is 1. The molecule has 1 aliphatic rings. The van der Waals surface area contributed by atoms with Crippen LogP contribution in [0.3, 0.4) is 0 Å². The molecule has 0 aromatic heterocycles. The Morgan fingerprint density at radius 2 is 1.74 bits per heavy atom. The van der Waals surface area contributed by atoms with Gasteiger partial charge in [-0.05, 0) is 64.7 Å². The van der Waals surface area contributed by atoms with Gasteiger partial charge in [0, 0.05) is 17.8 Å². The van der Waals surface area contributed by atoms with Crippen LogP contribution in [-0.4, -0.2) is 26.7 Å². The van der Waals surface area contributed by atoms with Gasteiger partial charge in [-0.3, -0.25) is 4.79 Å². The molecule has 2 aromatic carbocycles. The maximum Gasteiger partial charge on any atom is 0.416 e. The number of carbonyl (C=O) groups excluding carboxylic acids is 1. The van der Waals surface area contributed by atoms with E-state index in [2.05, 4.69) is 15.9 Å². The quantitative estimate of drug-likeness (QED) is 0.663. The maximum absolute atomic E-state index is 13.1. The molecule has 1 aliphatic heterocycles. The third kappa shape index (κ3) is 3.76. The molecule has 0 saturated heterocycles. The van der Waals surface area contributed by atoms with Crippen LogP contribution >= 0.6 is 15.9 Å². The van der Waals surface area contributed by atoms with Gasteiger partial charge in [-0.1, -0.05) is 0 Å². The van der Waals surface area contributed by atoms with Crippen LogP contribution in [0.2, 0.25) is 0 Å². The molecule has 4 nitrogen and oxygen atoms in total. The first-order chi connectivity index (χ1) is 12.8. The van der Waals surface area contributed by atoms with Crippen LogP contribution in [0, 0.1) is 0 Å². The molecule has 0 N–H and O–H groups in total. The monoisotopic (exact) mass is 443 g/mol. The molecule has 3 rings (SSSR count). The van der Waals surface area contributed by atoms with Gasteiger partial charge in [-0.15, -0.1) is 0 Å². The first kappa shape index (κ1) is 19.5. The van der Waals surface area contributed by atoms with Crippen LogP contribution in [0.15, 0.2) is 34.8 Å². The average molecular weight is 444 g/mol. The van der Waals surface area contributed by atoms with Crippen molar-refractivity contribution in [1.82, 2.24) is 0 Å². The Morgan fingerprint density at radius 3 is 2.30 bits per heavy atom. The first-order valence-corrected chi connectivity index (χ1v) is 8.99. The van der Waals surface area contributed by atoms with Gasteiger partial charge >= 0.3 is 6.18 Å². The number of fused-ring (bicyclic) bond motifs is 1. The van der Waals surface area contributed by atoms with Crippen molar-refractivity contribution in [1.29, 1.82) is 0 Å². The highest BCUT2D eigenvalue weighted by atomic mass is 79.9. The van der Waals surface area contributed by atoms with Crippen LogP contribution < -0.4 is 14.4 Å². The molecule has 0 aliphatic carbocycles. The van der Waals surface area contributed by atoms with E-state index in [0.29, 0.717) is 52.2 Å².